The van der Waals surface area contributed by atoms with Gasteiger partial charge in [0.15, 0.2) is 5.78 Å². The molecule has 3 aromatic carbocycles. The Kier molecular flexibility index (Phi) is 5.10. The Bertz CT molecular complexity index is 821. The monoisotopic (exact) mass is 327 g/mol. The number of rotatable bonds is 5. The highest BCUT2D eigenvalue weighted by Gasteiger charge is 2.12. The van der Waals surface area contributed by atoms with Gasteiger partial charge in [-0.2, -0.15) is 0 Å². The van der Waals surface area contributed by atoms with Gasteiger partial charge in [0.1, 0.15) is 0 Å². The molecule has 0 aliphatic rings. The first kappa shape index (κ1) is 16.7. The third kappa shape index (κ3) is 4.04. The third-order valence-electron chi connectivity index (χ3n) is 3.86. The van der Waals surface area contributed by atoms with Gasteiger partial charge < -0.3 is 4.90 Å². The molecule has 0 spiro atoms. The average Bonchev–Trinajstić information content (AvgIpc) is 2.64. The summed E-state index contributed by atoms with van der Waals surface area (Å²) in [7, 11) is 0. The van der Waals surface area contributed by atoms with Gasteiger partial charge in [0.2, 0.25) is 0 Å². The molecule has 0 unspecified atom stereocenters. The number of carbonyl (C=O) groups excluding carboxylic acids is 1. The Labute approximate surface area is 149 Å². The van der Waals surface area contributed by atoms with Crippen molar-refractivity contribution in [3.63, 3.8) is 0 Å². The predicted octanol–water partition coefficient (Wildman–Crippen LogP) is 6.31. The van der Waals surface area contributed by atoms with Crippen LogP contribution in [0.3, 0.4) is 0 Å². The molecule has 0 radical (unpaired) electrons. The van der Waals surface area contributed by atoms with Gasteiger partial charge in [0.05, 0.1) is 0 Å². The maximum Gasteiger partial charge on any atom is 0.185 e. The van der Waals surface area contributed by atoms with Crippen LogP contribution in [0.15, 0.2) is 96.6 Å². The Balaban J connectivity index is 2.00. The van der Waals surface area contributed by atoms with Crippen LogP contribution in [-0.2, 0) is 0 Å². The highest BCUT2D eigenvalue weighted by atomic mass is 16.1. The lowest BCUT2D eigenvalue weighted by Crippen LogP contribution is -2.09. The predicted molar refractivity (Wildman–Crippen MR) is 105 cm³/mol. The first-order valence-electron chi connectivity index (χ1n) is 8.35. The molecule has 3 rings (SSSR count). The van der Waals surface area contributed by atoms with Crippen LogP contribution >= 0.6 is 0 Å². The van der Waals surface area contributed by atoms with Crippen molar-refractivity contribution in [3.8, 4) is 0 Å². The van der Waals surface area contributed by atoms with E-state index >= 15 is 0 Å². The Hall–Kier alpha value is -3.13. The zero-order valence-corrected chi connectivity index (χ0v) is 14.5. The number of nitrogens with zero attached hydrogens (tertiary/aromatic N) is 1. The molecule has 2 nitrogen and oxygen atoms in total. The molecule has 0 fully saturated rings. The molecule has 0 bridgehead atoms. The largest absolute Gasteiger partial charge is 0.311 e. The van der Waals surface area contributed by atoms with Crippen molar-refractivity contribution in [1.82, 2.24) is 0 Å². The lowest BCUT2D eigenvalue weighted by atomic mass is 10.1. The van der Waals surface area contributed by atoms with Gasteiger partial charge in [-0.3, -0.25) is 4.79 Å². The standard InChI is InChI=1S/C23H21NO/c1-18(2)17-23(25)19-13-15-22(16-14-19)24(20-9-5-3-6-10-20)21-11-7-4-8-12-21/h3-17H,1-2H3. The topological polar surface area (TPSA) is 20.3 Å². The lowest BCUT2D eigenvalue weighted by Gasteiger charge is -2.25. The molecule has 25 heavy (non-hydrogen) atoms. The van der Waals surface area contributed by atoms with Crippen molar-refractivity contribution < 1.29 is 4.79 Å². The van der Waals surface area contributed by atoms with Crippen LogP contribution < -0.4 is 4.90 Å². The highest BCUT2D eigenvalue weighted by molar-refractivity contribution is 6.05. The summed E-state index contributed by atoms with van der Waals surface area (Å²) in [6, 6.07) is 28.2. The lowest BCUT2D eigenvalue weighted by molar-refractivity contribution is 0.104. The molecular formula is C23H21NO. The molecule has 0 aromatic heterocycles. The number of hydrogen-bond donors (Lipinski definition) is 0. The Morgan fingerprint density at radius 3 is 1.56 bits per heavy atom. The van der Waals surface area contributed by atoms with Gasteiger partial charge in [0, 0.05) is 22.6 Å². The van der Waals surface area contributed by atoms with Crippen molar-refractivity contribution in [2.24, 2.45) is 0 Å². The summed E-state index contributed by atoms with van der Waals surface area (Å²) < 4.78 is 0. The number of anilines is 3. The third-order valence-corrected chi connectivity index (χ3v) is 3.86. The number of carbonyl (C=O) groups is 1. The fourth-order valence-corrected chi connectivity index (χ4v) is 2.72. The van der Waals surface area contributed by atoms with Crippen LogP contribution in [0.2, 0.25) is 0 Å². The van der Waals surface area contributed by atoms with Crippen LogP contribution in [0, 0.1) is 0 Å². The van der Waals surface area contributed by atoms with Crippen LogP contribution in [-0.4, -0.2) is 5.78 Å². The van der Waals surface area contributed by atoms with Gasteiger partial charge in [-0.05, 0) is 68.5 Å². The summed E-state index contributed by atoms with van der Waals surface area (Å²) in [4.78, 5) is 14.4. The van der Waals surface area contributed by atoms with E-state index < -0.39 is 0 Å². The number of allylic oxidation sites excluding steroid dienone is 2. The fraction of sp³-hybridized carbons (Fsp3) is 0.0870. The molecule has 2 heteroatoms. The van der Waals surface area contributed by atoms with E-state index in [1.807, 2.05) is 74.5 Å². The number of hydrogen-bond acceptors (Lipinski definition) is 2. The molecule has 0 saturated carbocycles. The summed E-state index contributed by atoms with van der Waals surface area (Å²) >= 11 is 0. The molecular weight excluding hydrogens is 306 g/mol. The van der Waals surface area contributed by atoms with E-state index in [2.05, 4.69) is 29.2 Å². The van der Waals surface area contributed by atoms with Crippen molar-refractivity contribution in [1.29, 1.82) is 0 Å². The van der Waals surface area contributed by atoms with Crippen LogP contribution in [0.4, 0.5) is 17.1 Å². The smallest absolute Gasteiger partial charge is 0.185 e. The number of ketones is 1. The second-order valence-corrected chi connectivity index (χ2v) is 6.14. The molecule has 0 atom stereocenters. The van der Waals surface area contributed by atoms with E-state index in [9.17, 15) is 4.79 Å². The molecule has 0 aliphatic heterocycles. The Morgan fingerprint density at radius 1 is 0.680 bits per heavy atom. The van der Waals surface area contributed by atoms with Crippen LogP contribution in [0.5, 0.6) is 0 Å². The van der Waals surface area contributed by atoms with Crippen molar-refractivity contribution in [2.45, 2.75) is 13.8 Å². The van der Waals surface area contributed by atoms with Crippen LogP contribution in [0.1, 0.15) is 24.2 Å². The van der Waals surface area contributed by atoms with Crippen molar-refractivity contribution >= 4 is 22.8 Å². The van der Waals surface area contributed by atoms with Crippen LogP contribution in [0.25, 0.3) is 0 Å². The highest BCUT2D eigenvalue weighted by Crippen LogP contribution is 2.34. The molecule has 0 heterocycles. The number of benzene rings is 3. The van der Waals surface area contributed by atoms with Crippen molar-refractivity contribution in [3.05, 3.63) is 102 Å². The maximum absolute atomic E-state index is 12.2. The van der Waals surface area contributed by atoms with Crippen molar-refractivity contribution in [2.75, 3.05) is 4.90 Å². The van der Waals surface area contributed by atoms with Gasteiger partial charge >= 0.3 is 0 Å². The van der Waals surface area contributed by atoms with E-state index in [1.165, 1.54) is 0 Å². The zero-order valence-electron chi connectivity index (χ0n) is 14.5. The molecule has 0 aliphatic carbocycles. The average molecular weight is 327 g/mol. The number of para-hydroxylation sites is 2. The Morgan fingerprint density at radius 2 is 1.12 bits per heavy atom. The first-order valence-corrected chi connectivity index (χ1v) is 8.35. The van der Waals surface area contributed by atoms with E-state index in [1.54, 1.807) is 6.08 Å². The summed E-state index contributed by atoms with van der Waals surface area (Å²) in [6.07, 6.45) is 1.67. The minimum Gasteiger partial charge on any atom is -0.311 e. The second kappa shape index (κ2) is 7.63. The molecule has 0 amide bonds. The molecule has 124 valence electrons. The molecule has 0 N–H and O–H groups in total. The summed E-state index contributed by atoms with van der Waals surface area (Å²) in [5.74, 6) is 0.0394. The van der Waals surface area contributed by atoms with E-state index in [-0.39, 0.29) is 5.78 Å². The van der Waals surface area contributed by atoms with Gasteiger partial charge in [-0.25, -0.2) is 0 Å². The molecule has 3 aromatic rings. The maximum atomic E-state index is 12.2. The van der Waals surface area contributed by atoms with Gasteiger partial charge in [0.25, 0.3) is 0 Å². The quantitative estimate of drug-likeness (QED) is 0.404. The molecule has 0 saturated heterocycles. The summed E-state index contributed by atoms with van der Waals surface area (Å²) in [5, 5.41) is 0. The van der Waals surface area contributed by atoms with E-state index in [0.29, 0.717) is 5.56 Å². The minimum atomic E-state index is 0.0394. The summed E-state index contributed by atoms with van der Waals surface area (Å²) in [5.41, 5.74) is 4.88. The van der Waals surface area contributed by atoms with E-state index in [0.717, 1.165) is 22.6 Å². The van der Waals surface area contributed by atoms with E-state index in [4.69, 9.17) is 0 Å². The van der Waals surface area contributed by atoms with Gasteiger partial charge in [-0.1, -0.05) is 42.0 Å². The van der Waals surface area contributed by atoms with Gasteiger partial charge in [-0.15, -0.1) is 0 Å². The minimum absolute atomic E-state index is 0.0394. The first-order chi connectivity index (χ1) is 12.1. The fourth-order valence-electron chi connectivity index (χ4n) is 2.72. The SMILES string of the molecule is CC(C)=CC(=O)c1ccc(N(c2ccccc2)c2ccccc2)cc1. The zero-order chi connectivity index (χ0) is 17.6. The normalized spacial score (nSPS) is 10.2. The second-order valence-electron chi connectivity index (χ2n) is 6.14. The summed E-state index contributed by atoms with van der Waals surface area (Å²) in [6.45, 7) is 3.86.